The maximum absolute atomic E-state index is 12.6. The smallest absolute Gasteiger partial charge is 0.326 e. The summed E-state index contributed by atoms with van der Waals surface area (Å²) in [6, 6.07) is 7.44. The monoisotopic (exact) mass is 346 g/mol. The molecular formula is C18H22N2O5. The van der Waals surface area contributed by atoms with Gasteiger partial charge in [-0.1, -0.05) is 44.2 Å². The molecule has 1 aromatic carbocycles. The number of hydrogen-bond acceptors (Lipinski definition) is 5. The van der Waals surface area contributed by atoms with Gasteiger partial charge < -0.3 is 10.4 Å². The Morgan fingerprint density at radius 2 is 2.04 bits per heavy atom. The molecule has 1 heterocycles. The highest BCUT2D eigenvalue weighted by molar-refractivity contribution is 5.91. The van der Waals surface area contributed by atoms with Crippen molar-refractivity contribution in [2.24, 2.45) is 5.92 Å². The van der Waals surface area contributed by atoms with E-state index in [0.29, 0.717) is 13.0 Å². The van der Waals surface area contributed by atoms with Crippen LogP contribution in [0, 0.1) is 5.92 Å². The summed E-state index contributed by atoms with van der Waals surface area (Å²) in [6.45, 7) is 4.03. The maximum atomic E-state index is 12.6. The molecule has 1 aliphatic heterocycles. The SMILES string of the molecule is CC(C)[C@H](NC(=O)[C@@H]1C(=C=O)CCN1OCc1ccccc1)C(=O)O. The van der Waals surface area contributed by atoms with E-state index in [2.05, 4.69) is 5.32 Å². The van der Waals surface area contributed by atoms with Crippen molar-refractivity contribution in [2.45, 2.75) is 39.0 Å². The van der Waals surface area contributed by atoms with Crippen molar-refractivity contribution in [3.63, 3.8) is 0 Å². The minimum absolute atomic E-state index is 0.253. The van der Waals surface area contributed by atoms with Crippen LogP contribution in [0.3, 0.4) is 0 Å². The second kappa shape index (κ2) is 8.58. The fourth-order valence-corrected chi connectivity index (χ4v) is 2.68. The summed E-state index contributed by atoms with van der Waals surface area (Å²) in [6.07, 6.45) is 0.357. The number of carboxylic acids is 1. The molecule has 0 aliphatic carbocycles. The van der Waals surface area contributed by atoms with Gasteiger partial charge in [-0.25, -0.2) is 9.59 Å². The Morgan fingerprint density at radius 3 is 2.60 bits per heavy atom. The normalized spacial score (nSPS) is 18.8. The van der Waals surface area contributed by atoms with Crippen molar-refractivity contribution in [2.75, 3.05) is 6.54 Å². The zero-order valence-corrected chi connectivity index (χ0v) is 14.3. The van der Waals surface area contributed by atoms with Crippen LogP contribution in [0.15, 0.2) is 35.9 Å². The maximum Gasteiger partial charge on any atom is 0.326 e. The molecule has 25 heavy (non-hydrogen) atoms. The van der Waals surface area contributed by atoms with Gasteiger partial charge in [0.2, 0.25) is 5.91 Å². The lowest BCUT2D eigenvalue weighted by Crippen LogP contribution is -2.51. The summed E-state index contributed by atoms with van der Waals surface area (Å²) in [5.74, 6) is -0.176. The number of nitrogens with one attached hydrogen (secondary N) is 1. The summed E-state index contributed by atoms with van der Waals surface area (Å²) in [5, 5.41) is 13.1. The molecule has 1 aliphatic rings. The highest BCUT2D eigenvalue weighted by Gasteiger charge is 2.39. The van der Waals surface area contributed by atoms with E-state index in [-0.39, 0.29) is 18.1 Å². The second-order valence-electron chi connectivity index (χ2n) is 6.25. The first-order valence-corrected chi connectivity index (χ1v) is 8.14. The minimum Gasteiger partial charge on any atom is -0.480 e. The number of carboxylic acid groups (broad SMARTS) is 1. The summed E-state index contributed by atoms with van der Waals surface area (Å²) >= 11 is 0. The van der Waals surface area contributed by atoms with Crippen molar-refractivity contribution >= 4 is 17.8 Å². The van der Waals surface area contributed by atoms with Crippen LogP contribution in [0.5, 0.6) is 0 Å². The zero-order valence-electron chi connectivity index (χ0n) is 14.3. The Kier molecular flexibility index (Phi) is 6.47. The number of rotatable bonds is 7. The molecular weight excluding hydrogens is 324 g/mol. The molecule has 1 saturated heterocycles. The fourth-order valence-electron chi connectivity index (χ4n) is 2.68. The first-order chi connectivity index (χ1) is 11.9. The van der Waals surface area contributed by atoms with E-state index in [1.54, 1.807) is 19.8 Å². The number of carbonyl (C=O) groups excluding carboxylic acids is 2. The number of amides is 1. The highest BCUT2D eigenvalue weighted by atomic mass is 16.7. The van der Waals surface area contributed by atoms with Crippen LogP contribution < -0.4 is 5.32 Å². The van der Waals surface area contributed by atoms with Gasteiger partial charge in [0.05, 0.1) is 6.61 Å². The van der Waals surface area contributed by atoms with Crippen molar-refractivity contribution in [3.05, 3.63) is 41.5 Å². The molecule has 1 amide bonds. The molecule has 0 saturated carbocycles. The van der Waals surface area contributed by atoms with E-state index in [1.165, 1.54) is 5.06 Å². The van der Waals surface area contributed by atoms with E-state index in [0.717, 1.165) is 5.56 Å². The van der Waals surface area contributed by atoms with E-state index >= 15 is 0 Å². The predicted molar refractivity (Wildman–Crippen MR) is 90.0 cm³/mol. The standard InChI is InChI=1S/C18H22N2O5/c1-12(2)15(18(23)24)19-17(22)16-14(10-21)8-9-20(16)25-11-13-6-4-3-5-7-13/h3-7,12,15-16H,8-9,11H2,1-2H3,(H,19,22)(H,23,24)/t15-,16-/m0/s1. The molecule has 2 rings (SSSR count). The Morgan fingerprint density at radius 1 is 1.36 bits per heavy atom. The van der Waals surface area contributed by atoms with Crippen LogP contribution in [0.1, 0.15) is 25.8 Å². The summed E-state index contributed by atoms with van der Waals surface area (Å²) in [5.41, 5.74) is 1.19. The summed E-state index contributed by atoms with van der Waals surface area (Å²) < 4.78 is 0. The highest BCUT2D eigenvalue weighted by Crippen LogP contribution is 2.23. The molecule has 0 spiro atoms. The van der Waals surface area contributed by atoms with Crippen molar-refractivity contribution < 1.29 is 24.3 Å². The number of aliphatic carboxylic acids is 1. The quantitative estimate of drug-likeness (QED) is 0.720. The molecule has 1 fully saturated rings. The molecule has 7 nitrogen and oxygen atoms in total. The van der Waals surface area contributed by atoms with Gasteiger partial charge in [0.15, 0.2) is 0 Å². The average molecular weight is 346 g/mol. The molecule has 2 N–H and O–H groups in total. The molecule has 7 heteroatoms. The lowest BCUT2D eigenvalue weighted by Gasteiger charge is -2.25. The van der Waals surface area contributed by atoms with Gasteiger partial charge in [0.1, 0.15) is 18.0 Å². The molecule has 0 bridgehead atoms. The average Bonchev–Trinajstić information content (AvgIpc) is 3.01. The molecule has 0 radical (unpaired) electrons. The van der Waals surface area contributed by atoms with Crippen molar-refractivity contribution in [3.8, 4) is 0 Å². The Bertz CT molecular complexity index is 667. The van der Waals surface area contributed by atoms with Crippen molar-refractivity contribution in [1.29, 1.82) is 0 Å². The fraction of sp³-hybridized carbons (Fsp3) is 0.444. The van der Waals surface area contributed by atoms with Gasteiger partial charge in [0.25, 0.3) is 0 Å². The number of benzene rings is 1. The topological polar surface area (TPSA) is 95.9 Å². The zero-order chi connectivity index (χ0) is 18.4. The number of hydroxylamine groups is 2. The molecule has 0 aromatic heterocycles. The summed E-state index contributed by atoms with van der Waals surface area (Å²) in [4.78, 5) is 40.7. The van der Waals surface area contributed by atoms with Crippen LogP contribution in [0.2, 0.25) is 0 Å². The van der Waals surface area contributed by atoms with Gasteiger partial charge >= 0.3 is 5.97 Å². The van der Waals surface area contributed by atoms with Crippen LogP contribution in [-0.2, 0) is 25.8 Å². The Hall–Kier alpha value is -2.47. The number of nitrogens with zero attached hydrogens (tertiary/aromatic N) is 1. The number of carbonyl (C=O) groups is 2. The lowest BCUT2D eigenvalue weighted by atomic mass is 10.0. The third kappa shape index (κ3) is 4.76. The van der Waals surface area contributed by atoms with E-state index in [4.69, 9.17) is 4.84 Å². The minimum atomic E-state index is -1.12. The van der Waals surface area contributed by atoms with E-state index < -0.39 is 24.0 Å². The second-order valence-corrected chi connectivity index (χ2v) is 6.25. The van der Waals surface area contributed by atoms with Gasteiger partial charge in [-0.3, -0.25) is 9.63 Å². The molecule has 134 valence electrons. The van der Waals surface area contributed by atoms with Gasteiger partial charge in [-0.05, 0) is 17.9 Å². The predicted octanol–water partition coefficient (Wildman–Crippen LogP) is 1.18. The first kappa shape index (κ1) is 18.9. The van der Waals surface area contributed by atoms with E-state index in [9.17, 15) is 19.5 Å². The van der Waals surface area contributed by atoms with Crippen LogP contribution in [0.25, 0.3) is 0 Å². The largest absolute Gasteiger partial charge is 0.480 e. The van der Waals surface area contributed by atoms with Gasteiger partial charge in [0, 0.05) is 12.1 Å². The third-order valence-electron chi connectivity index (χ3n) is 4.07. The van der Waals surface area contributed by atoms with Crippen molar-refractivity contribution in [1.82, 2.24) is 10.4 Å². The Balaban J connectivity index is 2.08. The van der Waals surface area contributed by atoms with Gasteiger partial charge in [-0.2, -0.15) is 5.06 Å². The van der Waals surface area contributed by atoms with Crippen LogP contribution in [-0.4, -0.2) is 46.6 Å². The van der Waals surface area contributed by atoms with Gasteiger partial charge in [-0.15, -0.1) is 0 Å². The molecule has 1 aromatic rings. The number of hydrogen-bond donors (Lipinski definition) is 2. The Labute approximate surface area is 146 Å². The van der Waals surface area contributed by atoms with Crippen LogP contribution >= 0.6 is 0 Å². The van der Waals surface area contributed by atoms with Crippen LogP contribution in [0.4, 0.5) is 0 Å². The summed E-state index contributed by atoms with van der Waals surface area (Å²) in [7, 11) is 0. The third-order valence-corrected chi connectivity index (χ3v) is 4.07. The molecule has 0 unspecified atom stereocenters. The first-order valence-electron chi connectivity index (χ1n) is 8.14. The lowest BCUT2D eigenvalue weighted by molar-refractivity contribution is -0.182. The molecule has 2 atom stereocenters. The van der Waals surface area contributed by atoms with E-state index in [1.807, 2.05) is 30.3 Å².